The molecule has 0 atom stereocenters. The lowest BCUT2D eigenvalue weighted by Crippen LogP contribution is -2.33. The number of rotatable bonds is 4. The van der Waals surface area contributed by atoms with Crippen LogP contribution in [0.2, 0.25) is 0 Å². The minimum absolute atomic E-state index is 0.324. The van der Waals surface area contributed by atoms with Gasteiger partial charge in [-0.25, -0.2) is 0 Å². The lowest BCUT2D eigenvalue weighted by molar-refractivity contribution is 0.0998. The van der Waals surface area contributed by atoms with E-state index in [0.29, 0.717) is 5.56 Å². The van der Waals surface area contributed by atoms with Gasteiger partial charge in [0.25, 0.3) is 0 Å². The van der Waals surface area contributed by atoms with Gasteiger partial charge in [0.15, 0.2) is 0 Å². The fraction of sp³-hybridized carbons (Fsp3) is 0.250. The van der Waals surface area contributed by atoms with Crippen molar-refractivity contribution in [3.8, 4) is 0 Å². The van der Waals surface area contributed by atoms with Gasteiger partial charge in [0.05, 0.1) is 0 Å². The Hall–Kier alpha value is -2.39. The van der Waals surface area contributed by atoms with Gasteiger partial charge in [-0.15, -0.1) is 0 Å². The number of nitrogens with two attached hydrogens (primary N) is 1. The van der Waals surface area contributed by atoms with E-state index in [1.807, 2.05) is 18.2 Å². The van der Waals surface area contributed by atoms with Crippen molar-refractivity contribution in [2.24, 2.45) is 5.73 Å². The van der Waals surface area contributed by atoms with E-state index in [1.165, 1.54) is 16.7 Å². The molecule has 1 amide bonds. The molecular weight excluding hydrogens is 284 g/mol. The van der Waals surface area contributed by atoms with Gasteiger partial charge in [0.2, 0.25) is 5.91 Å². The Kier molecular flexibility index (Phi) is 4.58. The molecule has 0 unspecified atom stereocenters. The van der Waals surface area contributed by atoms with Crippen molar-refractivity contribution < 1.29 is 4.79 Å². The summed E-state index contributed by atoms with van der Waals surface area (Å²) in [5, 5.41) is 0. The zero-order valence-electron chi connectivity index (χ0n) is 13.5. The van der Waals surface area contributed by atoms with Crippen molar-refractivity contribution in [2.45, 2.75) is 19.9 Å². The number of hydrogen-bond acceptors (Lipinski definition) is 2. The van der Waals surface area contributed by atoms with Crippen LogP contribution >= 0.6 is 0 Å². The summed E-state index contributed by atoms with van der Waals surface area (Å²) < 4.78 is 0. The van der Waals surface area contributed by atoms with Crippen LogP contribution in [0.5, 0.6) is 0 Å². The molecule has 0 saturated carbocycles. The third kappa shape index (κ3) is 3.69. The summed E-state index contributed by atoms with van der Waals surface area (Å²) >= 11 is 0. The fourth-order valence-corrected chi connectivity index (χ4v) is 3.27. The molecule has 118 valence electrons. The van der Waals surface area contributed by atoms with Gasteiger partial charge in [-0.3, -0.25) is 9.69 Å². The van der Waals surface area contributed by atoms with Crippen LogP contribution in [0.1, 0.15) is 34.0 Å². The summed E-state index contributed by atoms with van der Waals surface area (Å²) in [4.78, 5) is 14.0. The fourth-order valence-electron chi connectivity index (χ4n) is 3.27. The molecule has 2 aromatic carbocycles. The van der Waals surface area contributed by atoms with Crippen molar-refractivity contribution in [3.63, 3.8) is 0 Å². The van der Waals surface area contributed by atoms with Crippen molar-refractivity contribution in [1.82, 2.24) is 4.90 Å². The Balaban J connectivity index is 1.72. The molecule has 0 saturated heterocycles. The number of fused-ring (bicyclic) bond motifs is 1. The smallest absolute Gasteiger partial charge is 0.248 e. The van der Waals surface area contributed by atoms with E-state index in [-0.39, 0.29) is 5.91 Å². The molecule has 0 aromatic heterocycles. The molecule has 0 spiro atoms. The highest BCUT2D eigenvalue weighted by Gasteiger charge is 2.20. The first-order valence-electron chi connectivity index (χ1n) is 7.98. The van der Waals surface area contributed by atoms with E-state index in [4.69, 9.17) is 5.73 Å². The lowest BCUT2D eigenvalue weighted by Gasteiger charge is -2.30. The molecule has 3 heteroatoms. The molecule has 0 fully saturated rings. The third-order valence-corrected chi connectivity index (χ3v) is 4.30. The minimum atomic E-state index is -0.324. The molecule has 3 rings (SSSR count). The third-order valence-electron chi connectivity index (χ3n) is 4.30. The SMILES string of the molecule is C/C(=C\c1ccccc1)CN1CCc2c(cccc2C(N)=O)C1. The van der Waals surface area contributed by atoms with E-state index in [1.54, 1.807) is 0 Å². The van der Waals surface area contributed by atoms with Crippen molar-refractivity contribution in [2.75, 3.05) is 13.1 Å². The summed E-state index contributed by atoms with van der Waals surface area (Å²) in [5.41, 5.74) is 11.1. The first kappa shape index (κ1) is 15.5. The summed E-state index contributed by atoms with van der Waals surface area (Å²) in [7, 11) is 0. The van der Waals surface area contributed by atoms with E-state index in [2.05, 4.69) is 48.2 Å². The minimum Gasteiger partial charge on any atom is -0.366 e. The van der Waals surface area contributed by atoms with E-state index in [9.17, 15) is 4.79 Å². The molecule has 0 aliphatic carbocycles. The number of benzene rings is 2. The molecule has 3 nitrogen and oxygen atoms in total. The second kappa shape index (κ2) is 6.80. The van der Waals surface area contributed by atoms with Crippen LogP contribution in [0, 0.1) is 0 Å². The Morgan fingerprint density at radius 2 is 1.96 bits per heavy atom. The molecule has 0 radical (unpaired) electrons. The Morgan fingerprint density at radius 3 is 2.70 bits per heavy atom. The predicted octanol–water partition coefficient (Wildman–Crippen LogP) is 3.25. The molecule has 1 aliphatic rings. The number of carbonyl (C=O) groups is 1. The standard InChI is InChI=1S/C20H22N2O/c1-15(12-16-6-3-2-4-7-16)13-22-11-10-18-17(14-22)8-5-9-19(18)20(21)23/h2-9,12H,10-11,13-14H2,1H3,(H2,21,23)/b15-12+. The first-order chi connectivity index (χ1) is 11.1. The summed E-state index contributed by atoms with van der Waals surface area (Å²) in [6, 6.07) is 16.2. The average molecular weight is 306 g/mol. The summed E-state index contributed by atoms with van der Waals surface area (Å²) in [5.74, 6) is -0.324. The molecule has 23 heavy (non-hydrogen) atoms. The summed E-state index contributed by atoms with van der Waals surface area (Å²) in [6.07, 6.45) is 3.11. The van der Waals surface area contributed by atoms with Crippen LogP contribution in [0.4, 0.5) is 0 Å². The second-order valence-electron chi connectivity index (χ2n) is 6.17. The van der Waals surface area contributed by atoms with E-state index < -0.39 is 0 Å². The van der Waals surface area contributed by atoms with Gasteiger partial charge in [-0.05, 0) is 36.1 Å². The van der Waals surface area contributed by atoms with Crippen molar-refractivity contribution in [3.05, 3.63) is 76.4 Å². The van der Waals surface area contributed by atoms with Crippen LogP contribution in [-0.4, -0.2) is 23.9 Å². The first-order valence-corrected chi connectivity index (χ1v) is 7.98. The van der Waals surface area contributed by atoms with Crippen LogP contribution in [-0.2, 0) is 13.0 Å². The molecule has 2 aromatic rings. The topological polar surface area (TPSA) is 46.3 Å². The quantitative estimate of drug-likeness (QED) is 0.942. The van der Waals surface area contributed by atoms with E-state index >= 15 is 0 Å². The molecule has 0 bridgehead atoms. The van der Waals surface area contributed by atoms with E-state index in [0.717, 1.165) is 31.6 Å². The Bertz CT molecular complexity index is 735. The normalized spacial score (nSPS) is 15.3. The molecule has 2 N–H and O–H groups in total. The zero-order valence-corrected chi connectivity index (χ0v) is 13.5. The number of nitrogens with zero attached hydrogens (tertiary/aromatic N) is 1. The maximum Gasteiger partial charge on any atom is 0.248 e. The number of hydrogen-bond donors (Lipinski definition) is 1. The van der Waals surface area contributed by atoms with Gasteiger partial charge >= 0.3 is 0 Å². The highest BCUT2D eigenvalue weighted by Crippen LogP contribution is 2.23. The summed E-state index contributed by atoms with van der Waals surface area (Å²) in [6.45, 7) is 4.94. The maximum absolute atomic E-state index is 11.5. The molecule has 1 aliphatic heterocycles. The van der Waals surface area contributed by atoms with Gasteiger partial charge < -0.3 is 5.73 Å². The van der Waals surface area contributed by atoms with Crippen molar-refractivity contribution >= 4 is 12.0 Å². The number of amides is 1. The van der Waals surface area contributed by atoms with Gasteiger partial charge in [-0.2, -0.15) is 0 Å². The van der Waals surface area contributed by atoms with Crippen LogP contribution in [0.3, 0.4) is 0 Å². The molecular formula is C20H22N2O. The van der Waals surface area contributed by atoms with Gasteiger partial charge in [0.1, 0.15) is 0 Å². The van der Waals surface area contributed by atoms with Crippen molar-refractivity contribution in [1.29, 1.82) is 0 Å². The number of primary amides is 1. The van der Waals surface area contributed by atoms with Gasteiger partial charge in [-0.1, -0.05) is 54.1 Å². The highest BCUT2D eigenvalue weighted by atomic mass is 16.1. The lowest BCUT2D eigenvalue weighted by atomic mass is 9.94. The van der Waals surface area contributed by atoms with Crippen LogP contribution < -0.4 is 5.73 Å². The Labute approximate surface area is 137 Å². The number of carbonyl (C=O) groups excluding carboxylic acids is 1. The average Bonchev–Trinajstić information content (AvgIpc) is 2.54. The maximum atomic E-state index is 11.5. The van der Waals surface area contributed by atoms with Gasteiger partial charge in [0, 0.05) is 25.2 Å². The Morgan fingerprint density at radius 1 is 1.17 bits per heavy atom. The monoisotopic (exact) mass is 306 g/mol. The van der Waals surface area contributed by atoms with Crippen LogP contribution in [0.15, 0.2) is 54.1 Å². The zero-order chi connectivity index (χ0) is 16.2. The molecule has 1 heterocycles. The largest absolute Gasteiger partial charge is 0.366 e. The highest BCUT2D eigenvalue weighted by molar-refractivity contribution is 5.94. The predicted molar refractivity (Wildman–Crippen MR) is 94.0 cm³/mol. The van der Waals surface area contributed by atoms with Crippen LogP contribution in [0.25, 0.3) is 6.08 Å². The second-order valence-corrected chi connectivity index (χ2v) is 6.17.